The molecule has 0 aromatic carbocycles. The van der Waals surface area contributed by atoms with Crippen molar-refractivity contribution >= 4 is 5.78 Å². The molecule has 2 nitrogen and oxygen atoms in total. The van der Waals surface area contributed by atoms with Gasteiger partial charge in [0.25, 0.3) is 0 Å². The van der Waals surface area contributed by atoms with Crippen LogP contribution in [0.2, 0.25) is 0 Å². The Balaban J connectivity index is 4.25. The molecule has 0 spiro atoms. The molecule has 0 radical (unpaired) electrons. The van der Waals surface area contributed by atoms with E-state index in [4.69, 9.17) is 5.73 Å². The smallest absolute Gasteiger partial charge is 0.155 e. The molecule has 0 aliphatic rings. The average molecular weight is 185 g/mol. The Kier molecular flexibility index (Phi) is 4.62. The van der Waals surface area contributed by atoms with Gasteiger partial charge < -0.3 is 5.73 Å². The normalized spacial score (nSPS) is 14.7. The highest BCUT2D eigenvalue weighted by atomic mass is 16.1. The molecule has 0 bridgehead atoms. The van der Waals surface area contributed by atoms with Crippen LogP contribution in [0.1, 0.15) is 47.5 Å². The highest BCUT2D eigenvalue weighted by Gasteiger charge is 2.29. The first-order chi connectivity index (χ1) is 5.81. The lowest BCUT2D eigenvalue weighted by atomic mass is 9.80. The van der Waals surface area contributed by atoms with Gasteiger partial charge in [-0.1, -0.05) is 34.6 Å². The van der Waals surface area contributed by atoms with Crippen molar-refractivity contribution < 1.29 is 4.79 Å². The van der Waals surface area contributed by atoms with E-state index >= 15 is 0 Å². The van der Waals surface area contributed by atoms with Crippen molar-refractivity contribution in [1.82, 2.24) is 0 Å². The summed E-state index contributed by atoms with van der Waals surface area (Å²) in [5, 5.41) is 0. The van der Waals surface area contributed by atoms with Gasteiger partial charge in [-0.25, -0.2) is 0 Å². The third-order valence-electron chi connectivity index (χ3n) is 2.61. The van der Waals surface area contributed by atoms with E-state index in [-0.39, 0.29) is 17.2 Å². The van der Waals surface area contributed by atoms with Crippen LogP contribution in [-0.2, 0) is 4.79 Å². The highest BCUT2D eigenvalue weighted by molar-refractivity contribution is 5.88. The zero-order chi connectivity index (χ0) is 10.6. The fraction of sp³-hybridized carbons (Fsp3) is 0.909. The summed E-state index contributed by atoms with van der Waals surface area (Å²) in [6.07, 6.45) is 1.65. The fourth-order valence-electron chi connectivity index (χ4n) is 1.29. The summed E-state index contributed by atoms with van der Waals surface area (Å²) in [6, 6.07) is -0.282. The van der Waals surface area contributed by atoms with E-state index in [9.17, 15) is 4.79 Å². The molecule has 1 atom stereocenters. The first-order valence-electron chi connectivity index (χ1n) is 5.11. The molecule has 0 saturated carbocycles. The topological polar surface area (TPSA) is 43.1 Å². The molecule has 0 aromatic rings. The van der Waals surface area contributed by atoms with Crippen LogP contribution < -0.4 is 5.73 Å². The van der Waals surface area contributed by atoms with Crippen LogP contribution in [0.15, 0.2) is 0 Å². The Morgan fingerprint density at radius 2 is 1.85 bits per heavy atom. The van der Waals surface area contributed by atoms with Crippen LogP contribution >= 0.6 is 0 Å². The zero-order valence-electron chi connectivity index (χ0n) is 9.55. The second-order valence-electron chi connectivity index (χ2n) is 4.84. The number of rotatable bonds is 5. The number of hydrogen-bond acceptors (Lipinski definition) is 2. The van der Waals surface area contributed by atoms with E-state index in [0.29, 0.717) is 5.92 Å². The van der Waals surface area contributed by atoms with Gasteiger partial charge in [-0.15, -0.1) is 0 Å². The lowest BCUT2D eigenvalue weighted by molar-refractivity contribution is -0.128. The third kappa shape index (κ3) is 3.90. The highest BCUT2D eigenvalue weighted by Crippen LogP contribution is 2.23. The van der Waals surface area contributed by atoms with Crippen molar-refractivity contribution in [2.75, 3.05) is 0 Å². The molecule has 0 aliphatic heterocycles. The maximum atomic E-state index is 11.8. The molecule has 2 heteroatoms. The minimum Gasteiger partial charge on any atom is -0.321 e. The van der Waals surface area contributed by atoms with Gasteiger partial charge in [0.2, 0.25) is 0 Å². The second-order valence-corrected chi connectivity index (χ2v) is 4.84. The van der Waals surface area contributed by atoms with Crippen LogP contribution in [0.3, 0.4) is 0 Å². The van der Waals surface area contributed by atoms with E-state index < -0.39 is 0 Å². The minimum atomic E-state index is -0.282. The number of Topliss-reactive ketones (excluding diaryl/α,β-unsaturated/α-hetero) is 1. The Labute approximate surface area is 81.9 Å². The molecule has 13 heavy (non-hydrogen) atoms. The van der Waals surface area contributed by atoms with Crippen molar-refractivity contribution in [2.45, 2.75) is 53.5 Å². The van der Waals surface area contributed by atoms with Crippen LogP contribution in [0, 0.1) is 11.3 Å². The summed E-state index contributed by atoms with van der Waals surface area (Å²) >= 11 is 0. The van der Waals surface area contributed by atoms with Gasteiger partial charge in [0.05, 0.1) is 6.04 Å². The van der Waals surface area contributed by atoms with Crippen LogP contribution in [0.5, 0.6) is 0 Å². The number of hydrogen-bond donors (Lipinski definition) is 1. The molecule has 2 N–H and O–H groups in total. The average Bonchev–Trinajstić information content (AvgIpc) is 2.01. The quantitative estimate of drug-likeness (QED) is 0.714. The largest absolute Gasteiger partial charge is 0.321 e. The Bertz CT molecular complexity index is 173. The van der Waals surface area contributed by atoms with Gasteiger partial charge in [-0.2, -0.15) is 0 Å². The van der Waals surface area contributed by atoms with Crippen LogP contribution in [0.4, 0.5) is 0 Å². The molecule has 0 saturated heterocycles. The Hall–Kier alpha value is -0.370. The SMILES string of the molecule is CCC(C)(C)C(=O)[C@@H](N)CC(C)C. The fourth-order valence-corrected chi connectivity index (χ4v) is 1.29. The molecule has 0 fully saturated rings. The van der Waals surface area contributed by atoms with Gasteiger partial charge in [0.1, 0.15) is 0 Å². The Morgan fingerprint density at radius 1 is 1.38 bits per heavy atom. The monoisotopic (exact) mass is 185 g/mol. The number of ketones is 1. The van der Waals surface area contributed by atoms with Gasteiger partial charge in [0.15, 0.2) is 5.78 Å². The van der Waals surface area contributed by atoms with Crippen LogP contribution in [-0.4, -0.2) is 11.8 Å². The summed E-state index contributed by atoms with van der Waals surface area (Å²) in [6.45, 7) is 10.1. The minimum absolute atomic E-state index is 0.198. The Morgan fingerprint density at radius 3 is 2.15 bits per heavy atom. The molecule has 0 unspecified atom stereocenters. The second kappa shape index (κ2) is 4.75. The van der Waals surface area contributed by atoms with E-state index in [0.717, 1.165) is 12.8 Å². The lowest BCUT2D eigenvalue weighted by Gasteiger charge is -2.25. The molecular formula is C11H23NO. The van der Waals surface area contributed by atoms with Gasteiger partial charge in [-0.05, 0) is 18.8 Å². The molecule has 0 aromatic heterocycles. The number of nitrogens with two attached hydrogens (primary N) is 1. The molecular weight excluding hydrogens is 162 g/mol. The predicted octanol–water partition coefficient (Wildman–Crippen LogP) is 2.37. The summed E-state index contributed by atoms with van der Waals surface area (Å²) in [5.41, 5.74) is 5.57. The standard InChI is InChI=1S/C11H23NO/c1-6-11(4,5)10(13)9(12)7-8(2)3/h8-9H,6-7,12H2,1-5H3/t9-/m0/s1. The maximum Gasteiger partial charge on any atom is 0.155 e. The molecule has 0 heterocycles. The first-order valence-corrected chi connectivity index (χ1v) is 5.11. The summed E-state index contributed by atoms with van der Waals surface area (Å²) in [5.74, 6) is 0.690. The number of carbonyl (C=O) groups is 1. The molecule has 0 rings (SSSR count). The molecule has 78 valence electrons. The van der Waals surface area contributed by atoms with E-state index in [1.807, 2.05) is 20.8 Å². The van der Waals surface area contributed by atoms with Crippen molar-refractivity contribution in [1.29, 1.82) is 0 Å². The lowest BCUT2D eigenvalue weighted by Crippen LogP contribution is -2.40. The van der Waals surface area contributed by atoms with Crippen molar-refractivity contribution in [2.24, 2.45) is 17.1 Å². The summed E-state index contributed by atoms with van der Waals surface area (Å²) in [7, 11) is 0. The van der Waals surface area contributed by atoms with Gasteiger partial charge >= 0.3 is 0 Å². The number of carbonyl (C=O) groups excluding carboxylic acids is 1. The van der Waals surface area contributed by atoms with Crippen LogP contribution in [0.25, 0.3) is 0 Å². The van der Waals surface area contributed by atoms with Gasteiger partial charge in [-0.3, -0.25) is 4.79 Å². The predicted molar refractivity (Wildman–Crippen MR) is 56.5 cm³/mol. The summed E-state index contributed by atoms with van der Waals surface area (Å²) < 4.78 is 0. The first kappa shape index (κ1) is 12.6. The van der Waals surface area contributed by atoms with E-state index in [2.05, 4.69) is 13.8 Å². The molecule has 0 aliphatic carbocycles. The van der Waals surface area contributed by atoms with Crippen molar-refractivity contribution in [3.8, 4) is 0 Å². The van der Waals surface area contributed by atoms with Gasteiger partial charge in [0, 0.05) is 5.41 Å². The van der Waals surface area contributed by atoms with Crippen molar-refractivity contribution in [3.05, 3.63) is 0 Å². The zero-order valence-corrected chi connectivity index (χ0v) is 9.55. The van der Waals surface area contributed by atoms with E-state index in [1.54, 1.807) is 0 Å². The van der Waals surface area contributed by atoms with Crippen molar-refractivity contribution in [3.63, 3.8) is 0 Å². The third-order valence-corrected chi connectivity index (χ3v) is 2.61. The maximum absolute atomic E-state index is 11.8. The van der Waals surface area contributed by atoms with E-state index in [1.165, 1.54) is 0 Å². The summed E-state index contributed by atoms with van der Waals surface area (Å²) in [4.78, 5) is 11.8. The molecule has 0 amide bonds.